The molecular weight excluding hydrogens is 819 g/mol. The van der Waals surface area contributed by atoms with Crippen LogP contribution in [-0.2, 0) is 5.41 Å². The molecule has 0 amide bonds. The predicted octanol–water partition coefficient (Wildman–Crippen LogP) is 18.4. The van der Waals surface area contributed by atoms with E-state index in [-0.39, 0.29) is 5.41 Å². The van der Waals surface area contributed by atoms with Crippen LogP contribution >= 0.6 is 0 Å². The molecule has 2 atom stereocenters. The molecule has 0 aliphatic heterocycles. The summed E-state index contributed by atoms with van der Waals surface area (Å²) in [5.41, 5.74) is 18.9. The molecule has 68 heavy (non-hydrogen) atoms. The average molecular weight is 872 g/mol. The van der Waals surface area contributed by atoms with Gasteiger partial charge in [-0.3, -0.25) is 0 Å². The van der Waals surface area contributed by atoms with Gasteiger partial charge in [-0.05, 0) is 130 Å². The zero-order valence-electron chi connectivity index (χ0n) is 39.1. The molecule has 0 radical (unpaired) electrons. The van der Waals surface area contributed by atoms with Crippen LogP contribution in [0.2, 0.25) is 0 Å². The molecule has 0 bridgehead atoms. The average Bonchev–Trinajstić information content (AvgIpc) is 3.72. The van der Waals surface area contributed by atoms with E-state index < -0.39 is 0 Å². The minimum absolute atomic E-state index is 0.155. The lowest BCUT2D eigenvalue weighted by atomic mass is 9.79. The van der Waals surface area contributed by atoms with Gasteiger partial charge in [-0.15, -0.1) is 0 Å². The van der Waals surface area contributed by atoms with Crippen molar-refractivity contribution in [2.45, 2.75) is 39.0 Å². The topological polar surface area (TPSA) is 4.93 Å². The summed E-state index contributed by atoms with van der Waals surface area (Å²) in [6.45, 7) is 9.18. The predicted molar refractivity (Wildman–Crippen MR) is 292 cm³/mol. The van der Waals surface area contributed by atoms with Crippen LogP contribution in [0, 0.1) is 5.92 Å². The molecule has 326 valence electrons. The fourth-order valence-electron chi connectivity index (χ4n) is 10.9. The van der Waals surface area contributed by atoms with Crippen LogP contribution in [0.5, 0.6) is 0 Å². The number of hydrogen-bond donors (Lipinski definition) is 0. The van der Waals surface area contributed by atoms with E-state index in [1.54, 1.807) is 0 Å². The molecule has 0 fully saturated rings. The number of allylic oxidation sites excluding steroid dienone is 4. The van der Waals surface area contributed by atoms with Gasteiger partial charge in [-0.1, -0.05) is 234 Å². The smallest absolute Gasteiger partial charge is 0.0541 e. The first kappa shape index (κ1) is 41.4. The van der Waals surface area contributed by atoms with Crippen molar-refractivity contribution in [1.29, 1.82) is 0 Å². The van der Waals surface area contributed by atoms with Gasteiger partial charge >= 0.3 is 0 Å². The van der Waals surface area contributed by atoms with Crippen LogP contribution in [0.3, 0.4) is 0 Å². The SMILES string of the molecule is CC1C=C(c2ccc(-c3c4ccccc4c(-c4ccc(-c5ccc(-c6ccc7c(c6)c6ccccc6n7-c6ccccc6)cc5)cc4)c4ccccc34)cc2)C=CC1c1ccc(C(C)(C)C)cc1. The Morgan fingerprint density at radius 1 is 0.382 bits per heavy atom. The van der Waals surface area contributed by atoms with Crippen molar-refractivity contribution >= 4 is 48.9 Å². The van der Waals surface area contributed by atoms with Crippen LogP contribution in [-0.4, -0.2) is 4.57 Å². The molecule has 1 aliphatic rings. The van der Waals surface area contributed by atoms with Gasteiger partial charge < -0.3 is 4.57 Å². The van der Waals surface area contributed by atoms with Gasteiger partial charge in [0.25, 0.3) is 0 Å². The Kier molecular flexibility index (Phi) is 10.2. The number of hydrogen-bond acceptors (Lipinski definition) is 0. The lowest BCUT2D eigenvalue weighted by Crippen LogP contribution is -2.12. The van der Waals surface area contributed by atoms with E-state index >= 15 is 0 Å². The maximum atomic E-state index is 2.45. The minimum atomic E-state index is 0.155. The van der Waals surface area contributed by atoms with Crippen molar-refractivity contribution in [1.82, 2.24) is 4.57 Å². The zero-order valence-corrected chi connectivity index (χ0v) is 39.1. The molecule has 11 aromatic rings. The molecule has 1 heterocycles. The van der Waals surface area contributed by atoms with Crippen LogP contribution < -0.4 is 0 Å². The number of rotatable bonds is 7. The number of fused-ring (bicyclic) bond motifs is 5. The van der Waals surface area contributed by atoms with Crippen LogP contribution in [0.25, 0.3) is 99.1 Å². The highest BCUT2D eigenvalue weighted by molar-refractivity contribution is 6.21. The highest BCUT2D eigenvalue weighted by Gasteiger charge is 2.22. The molecule has 1 heteroatoms. The number of benzene rings is 10. The van der Waals surface area contributed by atoms with E-state index in [2.05, 4.69) is 269 Å². The van der Waals surface area contributed by atoms with Gasteiger partial charge in [-0.25, -0.2) is 0 Å². The quantitative estimate of drug-likeness (QED) is 0.141. The third kappa shape index (κ3) is 7.27. The molecule has 0 N–H and O–H groups in total. The van der Waals surface area contributed by atoms with Crippen molar-refractivity contribution in [2.24, 2.45) is 5.92 Å². The Morgan fingerprint density at radius 2 is 0.824 bits per heavy atom. The molecule has 12 rings (SSSR count). The summed E-state index contributed by atoms with van der Waals surface area (Å²) in [5.74, 6) is 0.777. The van der Waals surface area contributed by atoms with Gasteiger partial charge in [-0.2, -0.15) is 0 Å². The Morgan fingerprint density at radius 3 is 1.35 bits per heavy atom. The van der Waals surface area contributed by atoms with Crippen molar-refractivity contribution in [2.75, 3.05) is 0 Å². The van der Waals surface area contributed by atoms with E-state index in [4.69, 9.17) is 0 Å². The van der Waals surface area contributed by atoms with Crippen LogP contribution in [0.4, 0.5) is 0 Å². The summed E-state index contributed by atoms with van der Waals surface area (Å²) in [6, 6.07) is 80.9. The first-order valence-electron chi connectivity index (χ1n) is 24.1. The third-order valence-corrected chi connectivity index (χ3v) is 14.5. The van der Waals surface area contributed by atoms with E-state index in [0.717, 1.165) is 0 Å². The largest absolute Gasteiger partial charge is 0.309 e. The maximum absolute atomic E-state index is 2.45. The van der Waals surface area contributed by atoms with Gasteiger partial charge in [0, 0.05) is 22.4 Å². The highest BCUT2D eigenvalue weighted by Crippen LogP contribution is 2.45. The monoisotopic (exact) mass is 871 g/mol. The van der Waals surface area contributed by atoms with Gasteiger partial charge in [0.15, 0.2) is 0 Å². The van der Waals surface area contributed by atoms with E-state index in [0.29, 0.717) is 11.8 Å². The van der Waals surface area contributed by atoms with Crippen LogP contribution in [0.1, 0.15) is 50.3 Å². The van der Waals surface area contributed by atoms with Crippen LogP contribution in [0.15, 0.2) is 237 Å². The second-order valence-electron chi connectivity index (χ2n) is 19.7. The van der Waals surface area contributed by atoms with Gasteiger partial charge in [0.1, 0.15) is 0 Å². The molecule has 0 saturated heterocycles. The summed E-state index contributed by atoms with van der Waals surface area (Å²) in [5, 5.41) is 7.59. The van der Waals surface area contributed by atoms with Crippen molar-refractivity contribution < 1.29 is 0 Å². The summed E-state index contributed by atoms with van der Waals surface area (Å²) in [6.07, 6.45) is 7.17. The fourth-order valence-corrected chi connectivity index (χ4v) is 10.9. The molecule has 2 unspecified atom stereocenters. The lowest BCUT2D eigenvalue weighted by Gasteiger charge is -2.25. The number of para-hydroxylation sites is 2. The first-order chi connectivity index (χ1) is 33.3. The number of nitrogens with zero attached hydrogens (tertiary/aromatic N) is 1. The van der Waals surface area contributed by atoms with E-state index in [1.807, 2.05) is 0 Å². The van der Waals surface area contributed by atoms with Gasteiger partial charge in [0.2, 0.25) is 0 Å². The summed E-state index contributed by atoms with van der Waals surface area (Å²) < 4.78 is 2.37. The zero-order chi connectivity index (χ0) is 45.9. The second-order valence-corrected chi connectivity index (χ2v) is 19.7. The fraction of sp³-hybridized carbons (Fsp3) is 0.104. The van der Waals surface area contributed by atoms with Crippen molar-refractivity contribution in [3.63, 3.8) is 0 Å². The summed E-state index contributed by atoms with van der Waals surface area (Å²) in [4.78, 5) is 0. The molecule has 1 aliphatic carbocycles. The normalized spacial score (nSPS) is 15.1. The van der Waals surface area contributed by atoms with E-state index in [9.17, 15) is 0 Å². The molecule has 0 saturated carbocycles. The Bertz CT molecular complexity index is 3670. The Labute approximate surface area is 400 Å². The standard InChI is InChI=1S/C67H53N/c1-44-42-52(36-40-56(44)49-34-38-54(39-35-49)67(2,3)4)47-28-32-51(33-29-47)66-60-19-10-8-17-58(60)65(59-18-9-11-20-61(59)66)50-30-26-46(27-31-50)45-22-24-48(25-23-45)53-37-41-64-62(43-53)57-16-12-13-21-63(57)68(64)55-14-6-5-7-15-55/h5-44,56H,1-4H3. The Hall–Kier alpha value is -8.00. The summed E-state index contributed by atoms with van der Waals surface area (Å²) >= 11 is 0. The minimum Gasteiger partial charge on any atom is -0.309 e. The number of aromatic nitrogens is 1. The Balaban J connectivity index is 0.830. The third-order valence-electron chi connectivity index (χ3n) is 14.5. The molecule has 1 nitrogen and oxygen atoms in total. The van der Waals surface area contributed by atoms with Crippen molar-refractivity contribution in [3.8, 4) is 50.2 Å². The maximum Gasteiger partial charge on any atom is 0.0541 e. The van der Waals surface area contributed by atoms with Crippen molar-refractivity contribution in [3.05, 3.63) is 253 Å². The highest BCUT2D eigenvalue weighted by atomic mass is 15.0. The first-order valence-corrected chi connectivity index (χ1v) is 24.1. The van der Waals surface area contributed by atoms with Gasteiger partial charge in [0.05, 0.1) is 11.0 Å². The summed E-state index contributed by atoms with van der Waals surface area (Å²) in [7, 11) is 0. The molecule has 0 spiro atoms. The molecular formula is C67H53N. The lowest BCUT2D eigenvalue weighted by molar-refractivity contribution is 0.588. The molecule has 1 aromatic heterocycles. The second kappa shape index (κ2) is 16.7. The molecule has 10 aromatic carbocycles. The van der Waals surface area contributed by atoms with E-state index in [1.165, 1.54) is 116 Å².